The largest absolute Gasteiger partial charge is 0.358 e. The summed E-state index contributed by atoms with van der Waals surface area (Å²) in [6.07, 6.45) is 4.51. The minimum atomic E-state index is -0.162. The van der Waals surface area contributed by atoms with Crippen LogP contribution < -0.4 is 5.32 Å². The fraction of sp³-hybridized carbons (Fsp3) is 0.238. The number of para-hydroxylation sites is 1. The van der Waals surface area contributed by atoms with Gasteiger partial charge >= 0.3 is 0 Å². The van der Waals surface area contributed by atoms with Crippen molar-refractivity contribution in [1.29, 1.82) is 0 Å². The smallest absolute Gasteiger partial charge is 0.257 e. The number of H-pyrrole nitrogens is 1. The first kappa shape index (κ1) is 15.6. The summed E-state index contributed by atoms with van der Waals surface area (Å²) in [5, 5.41) is 4.07. The van der Waals surface area contributed by atoms with Gasteiger partial charge < -0.3 is 10.3 Å². The maximum atomic E-state index is 12.8. The van der Waals surface area contributed by atoms with E-state index in [1.807, 2.05) is 12.1 Å². The minimum Gasteiger partial charge on any atom is -0.358 e. The number of aromatic nitrogens is 1. The Morgan fingerprint density at radius 1 is 1.04 bits per heavy atom. The van der Waals surface area contributed by atoms with E-state index in [2.05, 4.69) is 16.4 Å². The van der Waals surface area contributed by atoms with Crippen molar-refractivity contribution in [3.8, 4) is 0 Å². The van der Waals surface area contributed by atoms with Crippen molar-refractivity contribution in [1.82, 2.24) is 4.98 Å². The number of aromatic amines is 1. The molecule has 4 nitrogen and oxygen atoms in total. The molecule has 1 aromatic heterocycles. The first-order valence-electron chi connectivity index (χ1n) is 8.68. The Kier molecular flexibility index (Phi) is 3.88. The van der Waals surface area contributed by atoms with Crippen LogP contribution in [0.4, 0.5) is 5.69 Å². The van der Waals surface area contributed by atoms with E-state index in [0.29, 0.717) is 16.8 Å². The number of nitrogens with one attached hydrogen (secondary N) is 2. The summed E-state index contributed by atoms with van der Waals surface area (Å²) in [7, 11) is 0. The van der Waals surface area contributed by atoms with Crippen molar-refractivity contribution in [2.75, 3.05) is 5.32 Å². The van der Waals surface area contributed by atoms with Gasteiger partial charge in [-0.2, -0.15) is 0 Å². The molecule has 2 N–H and O–H groups in total. The van der Waals surface area contributed by atoms with Gasteiger partial charge in [-0.15, -0.1) is 0 Å². The third-order valence-electron chi connectivity index (χ3n) is 4.90. The summed E-state index contributed by atoms with van der Waals surface area (Å²) < 4.78 is 0. The van der Waals surface area contributed by atoms with E-state index >= 15 is 0 Å². The number of carbonyl (C=O) groups excluding carboxylic acids is 2. The number of aryl methyl sites for hydroxylation is 2. The molecule has 0 bridgehead atoms. The molecule has 1 aliphatic carbocycles. The molecule has 2 aromatic carbocycles. The number of rotatable bonds is 3. The van der Waals surface area contributed by atoms with Gasteiger partial charge in [0.15, 0.2) is 5.78 Å². The van der Waals surface area contributed by atoms with E-state index in [1.165, 1.54) is 31.0 Å². The lowest BCUT2D eigenvalue weighted by Crippen LogP contribution is -2.12. The highest BCUT2D eigenvalue weighted by atomic mass is 16.1. The predicted molar refractivity (Wildman–Crippen MR) is 99.3 cm³/mol. The molecule has 1 aliphatic rings. The molecule has 0 radical (unpaired) electrons. The number of hydrogen-bond acceptors (Lipinski definition) is 2. The SMILES string of the molecule is CC(=O)c1cccc(NC(=O)c2cccc3c4c([nH]c23)CCCC4)c1. The lowest BCUT2D eigenvalue weighted by atomic mass is 9.95. The molecular weight excluding hydrogens is 312 g/mol. The normalized spacial score (nSPS) is 13.5. The highest BCUT2D eigenvalue weighted by Gasteiger charge is 2.19. The van der Waals surface area contributed by atoms with Gasteiger partial charge in [0.1, 0.15) is 0 Å². The number of carbonyl (C=O) groups is 2. The molecule has 4 rings (SSSR count). The molecule has 3 aromatic rings. The third-order valence-corrected chi connectivity index (χ3v) is 4.90. The van der Waals surface area contributed by atoms with Crippen molar-refractivity contribution in [3.63, 3.8) is 0 Å². The van der Waals surface area contributed by atoms with E-state index < -0.39 is 0 Å². The Balaban J connectivity index is 1.70. The summed E-state index contributed by atoms with van der Waals surface area (Å²) in [5.74, 6) is -0.180. The maximum Gasteiger partial charge on any atom is 0.257 e. The van der Waals surface area contributed by atoms with Crippen LogP contribution in [-0.2, 0) is 12.8 Å². The monoisotopic (exact) mass is 332 g/mol. The molecule has 0 unspecified atom stereocenters. The van der Waals surface area contributed by atoms with Gasteiger partial charge in [0.05, 0.1) is 11.1 Å². The molecule has 4 heteroatoms. The highest BCUT2D eigenvalue weighted by Crippen LogP contribution is 2.31. The summed E-state index contributed by atoms with van der Waals surface area (Å²) in [5.41, 5.74) is 5.39. The molecule has 0 fully saturated rings. The van der Waals surface area contributed by atoms with Gasteiger partial charge in [0, 0.05) is 22.3 Å². The van der Waals surface area contributed by atoms with Crippen LogP contribution in [0.25, 0.3) is 10.9 Å². The molecular formula is C21H20N2O2. The Morgan fingerprint density at radius 2 is 1.84 bits per heavy atom. The lowest BCUT2D eigenvalue weighted by Gasteiger charge is -2.10. The first-order chi connectivity index (χ1) is 12.1. The standard InChI is InChI=1S/C21H20N2O2/c1-13(24)14-6-4-7-15(12-14)22-21(25)18-10-5-9-17-16-8-2-3-11-19(16)23-20(17)18/h4-7,9-10,12,23H,2-3,8,11H2,1H3,(H,22,25). The van der Waals surface area contributed by atoms with Gasteiger partial charge in [-0.25, -0.2) is 0 Å². The van der Waals surface area contributed by atoms with Crippen molar-refractivity contribution in [3.05, 3.63) is 64.8 Å². The third kappa shape index (κ3) is 2.84. The zero-order valence-electron chi connectivity index (χ0n) is 14.2. The number of fused-ring (bicyclic) bond motifs is 3. The van der Waals surface area contributed by atoms with Crippen molar-refractivity contribution >= 4 is 28.3 Å². The molecule has 1 heterocycles. The van der Waals surface area contributed by atoms with Crippen LogP contribution in [-0.4, -0.2) is 16.7 Å². The molecule has 0 saturated carbocycles. The summed E-state index contributed by atoms with van der Waals surface area (Å²) in [4.78, 5) is 27.8. The van der Waals surface area contributed by atoms with Crippen molar-refractivity contribution in [2.24, 2.45) is 0 Å². The van der Waals surface area contributed by atoms with Crippen LogP contribution in [0.3, 0.4) is 0 Å². The van der Waals surface area contributed by atoms with E-state index in [0.717, 1.165) is 23.7 Å². The van der Waals surface area contributed by atoms with Gasteiger partial charge in [-0.1, -0.05) is 24.3 Å². The number of anilines is 1. The average molecular weight is 332 g/mol. The molecule has 1 amide bonds. The molecule has 0 atom stereocenters. The second kappa shape index (κ2) is 6.20. The van der Waals surface area contributed by atoms with Gasteiger partial charge in [0.2, 0.25) is 0 Å². The van der Waals surface area contributed by atoms with Crippen LogP contribution in [0.1, 0.15) is 51.7 Å². The fourth-order valence-electron chi connectivity index (χ4n) is 3.63. The highest BCUT2D eigenvalue weighted by molar-refractivity contribution is 6.13. The van der Waals surface area contributed by atoms with Crippen LogP contribution in [0.2, 0.25) is 0 Å². The number of benzene rings is 2. The second-order valence-electron chi connectivity index (χ2n) is 6.61. The molecule has 25 heavy (non-hydrogen) atoms. The van der Waals surface area contributed by atoms with E-state index in [9.17, 15) is 9.59 Å². The molecule has 0 saturated heterocycles. The van der Waals surface area contributed by atoms with Crippen molar-refractivity contribution in [2.45, 2.75) is 32.6 Å². The van der Waals surface area contributed by atoms with E-state index in [-0.39, 0.29) is 11.7 Å². The Bertz CT molecular complexity index is 985. The number of Topliss-reactive ketones (excluding diaryl/α,β-unsaturated/α-hetero) is 1. The summed E-state index contributed by atoms with van der Waals surface area (Å²) >= 11 is 0. The summed E-state index contributed by atoms with van der Waals surface area (Å²) in [6.45, 7) is 1.52. The zero-order valence-corrected chi connectivity index (χ0v) is 14.2. The Labute approximate surface area is 146 Å². The number of amides is 1. The fourth-order valence-corrected chi connectivity index (χ4v) is 3.63. The number of ketones is 1. The minimum absolute atomic E-state index is 0.0183. The van der Waals surface area contributed by atoms with Crippen LogP contribution in [0.15, 0.2) is 42.5 Å². The van der Waals surface area contributed by atoms with E-state index in [4.69, 9.17) is 0 Å². The van der Waals surface area contributed by atoms with Gasteiger partial charge in [-0.05, 0) is 56.4 Å². The number of hydrogen-bond donors (Lipinski definition) is 2. The maximum absolute atomic E-state index is 12.8. The average Bonchev–Trinajstić information content (AvgIpc) is 3.00. The van der Waals surface area contributed by atoms with Gasteiger partial charge in [-0.3, -0.25) is 9.59 Å². The first-order valence-corrected chi connectivity index (χ1v) is 8.68. The zero-order chi connectivity index (χ0) is 17.4. The topological polar surface area (TPSA) is 62.0 Å². The summed E-state index contributed by atoms with van der Waals surface area (Å²) in [6, 6.07) is 12.9. The lowest BCUT2D eigenvalue weighted by molar-refractivity contribution is 0.101. The van der Waals surface area contributed by atoms with Crippen LogP contribution in [0.5, 0.6) is 0 Å². The van der Waals surface area contributed by atoms with Crippen molar-refractivity contribution < 1.29 is 9.59 Å². The second-order valence-corrected chi connectivity index (χ2v) is 6.61. The van der Waals surface area contributed by atoms with Crippen LogP contribution >= 0.6 is 0 Å². The predicted octanol–water partition coefficient (Wildman–Crippen LogP) is 4.50. The van der Waals surface area contributed by atoms with Crippen LogP contribution in [0, 0.1) is 0 Å². The molecule has 0 aliphatic heterocycles. The molecule has 0 spiro atoms. The van der Waals surface area contributed by atoms with Gasteiger partial charge in [0.25, 0.3) is 5.91 Å². The molecule has 126 valence electrons. The van der Waals surface area contributed by atoms with E-state index in [1.54, 1.807) is 24.3 Å². The Hall–Kier alpha value is -2.88. The Morgan fingerprint density at radius 3 is 2.68 bits per heavy atom. The quantitative estimate of drug-likeness (QED) is 0.694.